The number of nitrogens with one attached hydrogen (secondary N) is 2. The molecule has 0 aromatic heterocycles. The molecule has 164 valence electrons. The average molecular weight is 436 g/mol. The Balaban J connectivity index is 1.23. The second-order valence-electron chi connectivity index (χ2n) is 7.01. The van der Waals surface area contributed by atoms with Crippen LogP contribution in [0.3, 0.4) is 0 Å². The van der Waals surface area contributed by atoms with Gasteiger partial charge in [0, 0.05) is 5.39 Å². The van der Waals surface area contributed by atoms with E-state index >= 15 is 0 Å². The summed E-state index contributed by atoms with van der Waals surface area (Å²) < 4.78 is 16.2. The van der Waals surface area contributed by atoms with E-state index < -0.39 is 30.6 Å². The minimum Gasteiger partial charge on any atom is -0.506 e. The summed E-state index contributed by atoms with van der Waals surface area (Å²) in [6.07, 6.45) is -0.417. The Morgan fingerprint density at radius 3 is 2.59 bits per heavy atom. The third-order valence-corrected chi connectivity index (χ3v) is 4.77. The quantitative estimate of drug-likeness (QED) is 0.525. The number of ether oxygens (including phenoxy) is 3. The smallest absolute Gasteiger partial charge is 0.342 e. The number of urea groups is 1. The Hall–Kier alpha value is -4.27. The van der Waals surface area contributed by atoms with Gasteiger partial charge >= 0.3 is 12.0 Å². The average Bonchev–Trinajstić information content (AvgIpc) is 2.81. The number of hydrogen-bond donors (Lipinski definition) is 3. The highest BCUT2D eigenvalue weighted by Crippen LogP contribution is 2.31. The summed E-state index contributed by atoms with van der Waals surface area (Å²) in [6.45, 7) is -0.328. The number of aromatic hydroxyl groups is 1. The highest BCUT2D eigenvalue weighted by atomic mass is 16.6. The van der Waals surface area contributed by atoms with Crippen molar-refractivity contribution >= 4 is 28.7 Å². The molecule has 0 fully saturated rings. The molecule has 0 saturated heterocycles. The maximum Gasteiger partial charge on any atom is 0.342 e. The minimum atomic E-state index is -0.879. The maximum absolute atomic E-state index is 12.2. The Morgan fingerprint density at radius 1 is 1.00 bits per heavy atom. The van der Waals surface area contributed by atoms with E-state index in [0.29, 0.717) is 16.9 Å². The predicted molar refractivity (Wildman–Crippen MR) is 114 cm³/mol. The van der Waals surface area contributed by atoms with Crippen molar-refractivity contribution in [1.82, 2.24) is 10.6 Å². The molecule has 9 nitrogen and oxygen atoms in total. The number of fused-ring (bicyclic) bond motifs is 2. The van der Waals surface area contributed by atoms with Crippen LogP contribution in [0.5, 0.6) is 17.2 Å². The van der Waals surface area contributed by atoms with Crippen molar-refractivity contribution in [2.24, 2.45) is 0 Å². The van der Waals surface area contributed by atoms with Gasteiger partial charge in [-0.05, 0) is 23.6 Å². The number of phenolic OH excluding ortho intramolecular Hbond substituents is 1. The number of benzene rings is 3. The van der Waals surface area contributed by atoms with Crippen LogP contribution in [0.1, 0.15) is 10.4 Å². The van der Waals surface area contributed by atoms with Gasteiger partial charge in [0.2, 0.25) is 0 Å². The van der Waals surface area contributed by atoms with Crippen LogP contribution in [0.4, 0.5) is 4.79 Å². The zero-order valence-corrected chi connectivity index (χ0v) is 16.9. The normalized spacial score (nSPS) is 14.4. The number of esters is 1. The lowest BCUT2D eigenvalue weighted by Gasteiger charge is -2.26. The Labute approximate surface area is 182 Å². The molecule has 1 heterocycles. The van der Waals surface area contributed by atoms with E-state index in [0.717, 1.165) is 5.39 Å². The van der Waals surface area contributed by atoms with E-state index in [1.807, 2.05) is 18.2 Å². The van der Waals surface area contributed by atoms with Crippen molar-refractivity contribution in [3.63, 3.8) is 0 Å². The van der Waals surface area contributed by atoms with Gasteiger partial charge in [0.1, 0.15) is 17.9 Å². The number of carbonyl (C=O) groups is 3. The largest absolute Gasteiger partial charge is 0.506 e. The first-order valence-electron chi connectivity index (χ1n) is 9.85. The van der Waals surface area contributed by atoms with Crippen LogP contribution in [-0.2, 0) is 9.53 Å². The van der Waals surface area contributed by atoms with Crippen LogP contribution < -0.4 is 20.1 Å². The molecule has 32 heavy (non-hydrogen) atoms. The topological polar surface area (TPSA) is 123 Å². The van der Waals surface area contributed by atoms with Crippen molar-refractivity contribution in [1.29, 1.82) is 0 Å². The summed E-state index contributed by atoms with van der Waals surface area (Å²) >= 11 is 0. The molecular formula is C23H20N2O7. The number of imide groups is 1. The molecule has 0 saturated carbocycles. The summed E-state index contributed by atoms with van der Waals surface area (Å²) in [7, 11) is 0. The number of amides is 3. The SMILES string of the molecule is O=C(COC(=O)c1ccc2ccccc2c1O)NC(=O)NCC1COc2ccccc2O1. The lowest BCUT2D eigenvalue weighted by atomic mass is 10.1. The fourth-order valence-electron chi connectivity index (χ4n) is 3.21. The van der Waals surface area contributed by atoms with Gasteiger partial charge in [0.05, 0.1) is 6.54 Å². The van der Waals surface area contributed by atoms with E-state index in [-0.39, 0.29) is 24.5 Å². The van der Waals surface area contributed by atoms with E-state index in [2.05, 4.69) is 10.6 Å². The van der Waals surface area contributed by atoms with E-state index in [4.69, 9.17) is 14.2 Å². The molecule has 4 rings (SSSR count). The van der Waals surface area contributed by atoms with Crippen LogP contribution in [0.25, 0.3) is 10.8 Å². The van der Waals surface area contributed by atoms with Crippen molar-refractivity contribution < 1.29 is 33.7 Å². The molecule has 1 unspecified atom stereocenters. The fraction of sp³-hybridized carbons (Fsp3) is 0.174. The summed E-state index contributed by atoms with van der Waals surface area (Å²) in [5.41, 5.74) is -0.0734. The Kier molecular flexibility index (Phi) is 6.07. The van der Waals surface area contributed by atoms with Gasteiger partial charge in [0.25, 0.3) is 5.91 Å². The second kappa shape index (κ2) is 9.25. The zero-order chi connectivity index (χ0) is 22.5. The summed E-state index contributed by atoms with van der Waals surface area (Å²) in [5, 5.41) is 16.1. The van der Waals surface area contributed by atoms with Gasteiger partial charge in [-0.15, -0.1) is 0 Å². The van der Waals surface area contributed by atoms with Crippen molar-refractivity contribution in [3.05, 3.63) is 66.2 Å². The molecule has 3 amide bonds. The highest BCUT2D eigenvalue weighted by molar-refractivity contribution is 6.02. The number of para-hydroxylation sites is 2. The van der Waals surface area contributed by atoms with Crippen molar-refractivity contribution in [2.45, 2.75) is 6.10 Å². The van der Waals surface area contributed by atoms with Gasteiger partial charge < -0.3 is 24.6 Å². The number of rotatable bonds is 5. The molecule has 1 aliphatic heterocycles. The third kappa shape index (κ3) is 4.72. The monoisotopic (exact) mass is 436 g/mol. The number of carbonyl (C=O) groups excluding carboxylic acids is 3. The van der Waals surface area contributed by atoms with E-state index in [1.54, 1.807) is 36.4 Å². The summed E-state index contributed by atoms with van der Waals surface area (Å²) in [6, 6.07) is 16.5. The molecule has 0 bridgehead atoms. The molecular weight excluding hydrogens is 416 g/mol. The molecule has 0 radical (unpaired) electrons. The van der Waals surface area contributed by atoms with Crippen LogP contribution in [0.15, 0.2) is 60.7 Å². The molecule has 3 N–H and O–H groups in total. The Bertz CT molecular complexity index is 1180. The minimum absolute atomic E-state index is 0.0734. The van der Waals surface area contributed by atoms with E-state index in [1.165, 1.54) is 6.07 Å². The highest BCUT2D eigenvalue weighted by Gasteiger charge is 2.22. The third-order valence-electron chi connectivity index (χ3n) is 4.77. The molecule has 0 spiro atoms. The Morgan fingerprint density at radius 2 is 1.75 bits per heavy atom. The molecule has 0 aliphatic carbocycles. The first kappa shape index (κ1) is 21.0. The standard InChI is InChI=1S/C23H20N2O7/c26-20(13-31-22(28)17-10-9-14-5-1-2-6-16(14)21(17)27)25-23(29)24-11-15-12-30-18-7-3-4-8-19(18)32-15/h1-10,15,27H,11-13H2,(H2,24,25,26,29). The van der Waals surface area contributed by atoms with Gasteiger partial charge in [0.15, 0.2) is 24.2 Å². The second-order valence-corrected chi connectivity index (χ2v) is 7.01. The van der Waals surface area contributed by atoms with Crippen LogP contribution in [0.2, 0.25) is 0 Å². The number of hydrogen-bond acceptors (Lipinski definition) is 7. The van der Waals surface area contributed by atoms with Gasteiger partial charge in [-0.1, -0.05) is 42.5 Å². The lowest BCUT2D eigenvalue weighted by Crippen LogP contribution is -2.46. The molecule has 3 aromatic rings. The first-order chi connectivity index (χ1) is 15.5. The maximum atomic E-state index is 12.2. The van der Waals surface area contributed by atoms with Crippen LogP contribution in [0, 0.1) is 0 Å². The van der Waals surface area contributed by atoms with Crippen molar-refractivity contribution in [3.8, 4) is 17.2 Å². The molecule has 3 aromatic carbocycles. The lowest BCUT2D eigenvalue weighted by molar-refractivity contribution is -0.123. The molecule has 9 heteroatoms. The zero-order valence-electron chi connectivity index (χ0n) is 16.9. The summed E-state index contributed by atoms with van der Waals surface area (Å²) in [5.74, 6) is -0.728. The van der Waals surface area contributed by atoms with Gasteiger partial charge in [-0.25, -0.2) is 9.59 Å². The van der Waals surface area contributed by atoms with Crippen LogP contribution >= 0.6 is 0 Å². The van der Waals surface area contributed by atoms with Gasteiger partial charge in [-0.2, -0.15) is 0 Å². The van der Waals surface area contributed by atoms with E-state index in [9.17, 15) is 19.5 Å². The number of phenols is 1. The molecule has 1 atom stereocenters. The predicted octanol–water partition coefficient (Wildman–Crippen LogP) is 2.37. The summed E-state index contributed by atoms with van der Waals surface area (Å²) in [4.78, 5) is 36.1. The fourth-order valence-corrected chi connectivity index (χ4v) is 3.21. The molecule has 1 aliphatic rings. The van der Waals surface area contributed by atoms with Crippen LogP contribution in [-0.4, -0.2) is 48.9 Å². The first-order valence-corrected chi connectivity index (χ1v) is 9.85. The van der Waals surface area contributed by atoms with Crippen molar-refractivity contribution in [2.75, 3.05) is 19.8 Å². The van der Waals surface area contributed by atoms with Gasteiger partial charge in [-0.3, -0.25) is 10.1 Å².